The smallest absolute Gasteiger partial charge is 0.330 e. The highest BCUT2D eigenvalue weighted by atomic mass is 19.1. The van der Waals surface area contributed by atoms with Gasteiger partial charge in [0.05, 0.1) is 12.5 Å². The van der Waals surface area contributed by atoms with Crippen LogP contribution in [0.1, 0.15) is 6.23 Å². The molecule has 108 valence electrons. The van der Waals surface area contributed by atoms with E-state index in [1.807, 2.05) is 4.98 Å². The summed E-state index contributed by atoms with van der Waals surface area (Å²) >= 11 is 0. The summed E-state index contributed by atoms with van der Waals surface area (Å²) in [5, 5.41) is 19.3. The van der Waals surface area contributed by atoms with E-state index < -0.39 is 48.4 Å². The van der Waals surface area contributed by atoms with E-state index in [0.717, 1.165) is 16.8 Å². The molecule has 8 heteroatoms. The number of ether oxygens (including phenoxy) is 1. The van der Waals surface area contributed by atoms with Crippen molar-refractivity contribution in [1.82, 2.24) is 9.55 Å². The molecule has 0 bridgehead atoms. The number of aromatic nitrogens is 2. The van der Waals surface area contributed by atoms with Crippen molar-refractivity contribution in [3.63, 3.8) is 0 Å². The molecule has 3 N–H and O–H groups in total. The Morgan fingerprint density at radius 3 is 2.80 bits per heavy atom. The monoisotopic (exact) mass is 284 g/mol. The van der Waals surface area contributed by atoms with Gasteiger partial charge in [-0.15, -0.1) is 6.42 Å². The van der Waals surface area contributed by atoms with Crippen LogP contribution in [0.15, 0.2) is 21.9 Å². The van der Waals surface area contributed by atoms with Crippen LogP contribution >= 0.6 is 0 Å². The number of nitrogens with zero attached hydrogens (tertiary/aromatic N) is 1. The molecule has 1 aliphatic heterocycles. The SMILES string of the molecule is C#C[C@@H]1C(n2ccc(=O)[nH]c2=O)O[C@@](CO)(CF)[C@H]1O. The van der Waals surface area contributed by atoms with E-state index in [9.17, 15) is 24.2 Å². The van der Waals surface area contributed by atoms with Crippen molar-refractivity contribution in [2.45, 2.75) is 17.9 Å². The zero-order valence-electron chi connectivity index (χ0n) is 10.3. The van der Waals surface area contributed by atoms with E-state index in [-0.39, 0.29) is 0 Å². The van der Waals surface area contributed by atoms with Crippen LogP contribution in [0.2, 0.25) is 0 Å². The average Bonchev–Trinajstić information content (AvgIpc) is 2.71. The van der Waals surface area contributed by atoms with Crippen LogP contribution in [0.4, 0.5) is 4.39 Å². The summed E-state index contributed by atoms with van der Waals surface area (Å²) in [6.07, 6.45) is 3.76. The third kappa shape index (κ3) is 2.06. The summed E-state index contributed by atoms with van der Waals surface area (Å²) in [7, 11) is 0. The van der Waals surface area contributed by atoms with Gasteiger partial charge < -0.3 is 14.9 Å². The van der Waals surface area contributed by atoms with E-state index in [1.165, 1.54) is 0 Å². The third-order valence-corrected chi connectivity index (χ3v) is 3.35. The largest absolute Gasteiger partial charge is 0.393 e. The Kier molecular flexibility index (Phi) is 3.76. The molecule has 1 saturated heterocycles. The van der Waals surface area contributed by atoms with Gasteiger partial charge >= 0.3 is 5.69 Å². The molecular weight excluding hydrogens is 271 g/mol. The fraction of sp³-hybridized carbons (Fsp3) is 0.500. The van der Waals surface area contributed by atoms with Crippen LogP contribution in [-0.2, 0) is 4.74 Å². The minimum Gasteiger partial charge on any atom is -0.393 e. The first-order chi connectivity index (χ1) is 9.49. The molecule has 0 saturated carbocycles. The van der Waals surface area contributed by atoms with E-state index >= 15 is 0 Å². The topological polar surface area (TPSA) is 105 Å². The molecule has 2 rings (SSSR count). The standard InChI is InChI=1S/C12H13FN2O5/c1-2-7-9(18)12(5-13,6-16)20-10(7)15-4-3-8(17)14-11(15)19/h1,3-4,7,9-10,16,18H,5-6H2,(H,14,17,19)/t7-,9-,10?,12+/m0/s1. The minimum absolute atomic E-state index is 0.610. The van der Waals surface area contributed by atoms with Gasteiger partial charge in [-0.1, -0.05) is 5.92 Å². The maximum absolute atomic E-state index is 13.1. The Bertz CT molecular complexity index is 642. The maximum atomic E-state index is 13.1. The van der Waals surface area contributed by atoms with Gasteiger partial charge in [0, 0.05) is 12.3 Å². The Morgan fingerprint density at radius 2 is 2.30 bits per heavy atom. The Morgan fingerprint density at radius 1 is 1.60 bits per heavy atom. The molecule has 0 amide bonds. The molecule has 1 unspecified atom stereocenters. The fourth-order valence-corrected chi connectivity index (χ4v) is 2.18. The molecule has 20 heavy (non-hydrogen) atoms. The van der Waals surface area contributed by atoms with E-state index in [1.54, 1.807) is 0 Å². The number of aliphatic hydroxyl groups is 2. The van der Waals surface area contributed by atoms with Gasteiger partial charge in [-0.3, -0.25) is 14.3 Å². The maximum Gasteiger partial charge on any atom is 0.330 e. The predicted octanol–water partition coefficient (Wildman–Crippen LogP) is -1.62. The fourth-order valence-electron chi connectivity index (χ4n) is 2.18. The van der Waals surface area contributed by atoms with Crippen LogP contribution in [0.3, 0.4) is 0 Å². The Labute approximate surface area is 112 Å². The number of hydrogen-bond acceptors (Lipinski definition) is 5. The van der Waals surface area contributed by atoms with E-state index in [4.69, 9.17) is 11.2 Å². The van der Waals surface area contributed by atoms with E-state index in [2.05, 4.69) is 5.92 Å². The van der Waals surface area contributed by atoms with Crippen molar-refractivity contribution < 1.29 is 19.3 Å². The number of aliphatic hydroxyl groups excluding tert-OH is 2. The molecule has 0 aliphatic carbocycles. The van der Waals surface area contributed by atoms with E-state index in [0.29, 0.717) is 0 Å². The molecular formula is C12H13FN2O5. The number of hydrogen-bond donors (Lipinski definition) is 3. The van der Waals surface area contributed by atoms with Crippen molar-refractivity contribution in [1.29, 1.82) is 0 Å². The Balaban J connectivity index is 2.49. The van der Waals surface area contributed by atoms with Crippen molar-refractivity contribution in [2.24, 2.45) is 5.92 Å². The average molecular weight is 284 g/mol. The highest BCUT2D eigenvalue weighted by Crippen LogP contribution is 2.40. The van der Waals surface area contributed by atoms with Crippen LogP contribution < -0.4 is 11.2 Å². The summed E-state index contributed by atoms with van der Waals surface area (Å²) in [6, 6.07) is 1.07. The second kappa shape index (κ2) is 5.20. The van der Waals surface area contributed by atoms with Gasteiger partial charge in [0.15, 0.2) is 6.23 Å². The summed E-state index contributed by atoms with van der Waals surface area (Å²) in [4.78, 5) is 24.7. The molecule has 0 radical (unpaired) electrons. The lowest BCUT2D eigenvalue weighted by molar-refractivity contribution is -0.138. The van der Waals surface area contributed by atoms with Gasteiger partial charge in [-0.2, -0.15) is 0 Å². The molecule has 4 atom stereocenters. The van der Waals surface area contributed by atoms with Gasteiger partial charge in [0.1, 0.15) is 18.4 Å². The van der Waals surface area contributed by atoms with Gasteiger partial charge in [0.25, 0.3) is 5.56 Å². The highest BCUT2D eigenvalue weighted by Gasteiger charge is 2.55. The quantitative estimate of drug-likeness (QED) is 0.578. The van der Waals surface area contributed by atoms with Gasteiger partial charge in [-0.25, -0.2) is 9.18 Å². The number of rotatable bonds is 3. The van der Waals surface area contributed by atoms with Crippen molar-refractivity contribution in [3.8, 4) is 12.3 Å². The molecule has 7 nitrogen and oxygen atoms in total. The lowest BCUT2D eigenvalue weighted by atomic mass is 9.91. The Hall–Kier alpha value is -1.95. The number of halogens is 1. The number of alkyl halides is 1. The number of nitrogens with one attached hydrogen (secondary N) is 1. The highest BCUT2D eigenvalue weighted by molar-refractivity contribution is 5.11. The zero-order chi connectivity index (χ0) is 14.9. The predicted molar refractivity (Wildman–Crippen MR) is 65.6 cm³/mol. The molecule has 1 aliphatic rings. The molecule has 2 heterocycles. The first-order valence-corrected chi connectivity index (χ1v) is 5.79. The van der Waals surface area contributed by atoms with Crippen molar-refractivity contribution in [2.75, 3.05) is 13.3 Å². The molecule has 0 aromatic carbocycles. The first kappa shape index (κ1) is 14.5. The lowest BCUT2D eigenvalue weighted by Gasteiger charge is -2.26. The molecule has 1 fully saturated rings. The van der Waals surface area contributed by atoms with Crippen LogP contribution in [0.5, 0.6) is 0 Å². The summed E-state index contributed by atoms with van der Waals surface area (Å²) in [6.45, 7) is -1.96. The summed E-state index contributed by atoms with van der Waals surface area (Å²) in [5.74, 6) is 1.18. The van der Waals surface area contributed by atoms with Gasteiger partial charge in [-0.05, 0) is 0 Å². The second-order valence-electron chi connectivity index (χ2n) is 4.52. The normalized spacial score (nSPS) is 33.0. The lowest BCUT2D eigenvalue weighted by Crippen LogP contribution is -2.46. The van der Waals surface area contributed by atoms with Gasteiger partial charge in [0.2, 0.25) is 0 Å². The first-order valence-electron chi connectivity index (χ1n) is 5.79. The number of terminal acetylenes is 1. The van der Waals surface area contributed by atoms with Crippen LogP contribution in [-0.4, -0.2) is 44.8 Å². The number of aromatic amines is 1. The third-order valence-electron chi connectivity index (χ3n) is 3.35. The molecule has 0 spiro atoms. The van der Waals surface area contributed by atoms with Crippen molar-refractivity contribution in [3.05, 3.63) is 33.1 Å². The zero-order valence-corrected chi connectivity index (χ0v) is 10.3. The van der Waals surface area contributed by atoms with Crippen molar-refractivity contribution >= 4 is 0 Å². The molecule has 1 aromatic heterocycles. The number of H-pyrrole nitrogens is 1. The minimum atomic E-state index is -1.88. The second-order valence-corrected chi connectivity index (χ2v) is 4.52. The van der Waals surface area contributed by atoms with Crippen LogP contribution in [0.25, 0.3) is 0 Å². The summed E-state index contributed by atoms with van der Waals surface area (Å²) < 4.78 is 19.3. The molecule has 1 aromatic rings. The van der Waals surface area contributed by atoms with Crippen LogP contribution in [0, 0.1) is 18.3 Å². The summed E-state index contributed by atoms with van der Waals surface area (Å²) in [5.41, 5.74) is -3.29.